The second-order valence-corrected chi connectivity index (χ2v) is 7.00. The number of hydrogen-bond acceptors (Lipinski definition) is 5. The van der Waals surface area contributed by atoms with Crippen LogP contribution in [0.3, 0.4) is 0 Å². The minimum atomic E-state index is -0.762. The van der Waals surface area contributed by atoms with Crippen LogP contribution in [0.2, 0.25) is 0 Å². The number of hydrogen-bond donors (Lipinski definition) is 0. The second-order valence-electron chi connectivity index (χ2n) is 7.00. The highest BCUT2D eigenvalue weighted by molar-refractivity contribution is 6.02. The molecule has 7 nitrogen and oxygen atoms in total. The van der Waals surface area contributed by atoms with Gasteiger partial charge in [-0.15, -0.1) is 0 Å². The number of amides is 2. The molecule has 7 heteroatoms. The van der Waals surface area contributed by atoms with Crippen molar-refractivity contribution in [3.8, 4) is 0 Å². The van der Waals surface area contributed by atoms with Crippen LogP contribution in [0.15, 0.2) is 60.9 Å². The SMILES string of the molecule is COC(=O)CN1C(=O)C(C(C)C)N(C(=O)c2ccccn2)C=C1c1ccccc1. The molecule has 0 radical (unpaired) electrons. The Kier molecular flexibility index (Phi) is 6.07. The molecule has 0 saturated heterocycles. The predicted octanol–water partition coefficient (Wildman–Crippen LogP) is 2.56. The molecule has 0 saturated carbocycles. The molecule has 0 fully saturated rings. The summed E-state index contributed by atoms with van der Waals surface area (Å²) >= 11 is 0. The lowest BCUT2D eigenvalue weighted by Crippen LogP contribution is -2.55. The standard InChI is InChI=1S/C22H23N3O4/c1-15(2)20-22(28)24(14-19(26)29-3)18(16-9-5-4-6-10-16)13-25(20)21(27)17-11-7-8-12-23-17/h4-13,15,20H,14H2,1-3H3. The number of esters is 1. The van der Waals surface area contributed by atoms with Crippen LogP contribution in [0.4, 0.5) is 0 Å². The van der Waals surface area contributed by atoms with E-state index in [-0.39, 0.29) is 30.0 Å². The number of rotatable bonds is 5. The Labute approximate surface area is 169 Å². The van der Waals surface area contributed by atoms with E-state index in [1.165, 1.54) is 23.1 Å². The van der Waals surface area contributed by atoms with Crippen molar-refractivity contribution < 1.29 is 19.1 Å². The smallest absolute Gasteiger partial charge is 0.325 e. The number of aromatic nitrogens is 1. The molecule has 1 aromatic carbocycles. The molecule has 2 amide bonds. The Morgan fingerprint density at radius 3 is 2.38 bits per heavy atom. The van der Waals surface area contributed by atoms with Gasteiger partial charge in [-0.25, -0.2) is 0 Å². The second kappa shape index (κ2) is 8.68. The number of pyridine rings is 1. The summed E-state index contributed by atoms with van der Waals surface area (Å²) in [5, 5.41) is 0. The van der Waals surface area contributed by atoms with Crippen LogP contribution in [0.5, 0.6) is 0 Å². The Morgan fingerprint density at radius 1 is 1.10 bits per heavy atom. The summed E-state index contributed by atoms with van der Waals surface area (Å²) in [6.45, 7) is 3.49. The predicted molar refractivity (Wildman–Crippen MR) is 107 cm³/mol. The number of benzene rings is 1. The summed E-state index contributed by atoms with van der Waals surface area (Å²) < 4.78 is 4.77. The fourth-order valence-corrected chi connectivity index (χ4v) is 3.29. The van der Waals surface area contributed by atoms with E-state index < -0.39 is 12.0 Å². The Morgan fingerprint density at radius 2 is 1.79 bits per heavy atom. The van der Waals surface area contributed by atoms with Crippen molar-refractivity contribution in [3.05, 3.63) is 72.2 Å². The summed E-state index contributed by atoms with van der Waals surface area (Å²) in [7, 11) is 1.28. The van der Waals surface area contributed by atoms with Gasteiger partial charge >= 0.3 is 5.97 Å². The summed E-state index contributed by atoms with van der Waals surface area (Å²) in [5.74, 6) is -1.42. The number of carbonyl (C=O) groups excluding carboxylic acids is 3. The van der Waals surface area contributed by atoms with Crippen molar-refractivity contribution in [1.82, 2.24) is 14.8 Å². The van der Waals surface area contributed by atoms with Gasteiger partial charge in [0.05, 0.1) is 12.8 Å². The van der Waals surface area contributed by atoms with Crippen LogP contribution in [0.25, 0.3) is 5.70 Å². The van der Waals surface area contributed by atoms with Crippen molar-refractivity contribution >= 4 is 23.5 Å². The Balaban J connectivity index is 2.13. The topological polar surface area (TPSA) is 79.8 Å². The fourth-order valence-electron chi connectivity index (χ4n) is 3.29. The maximum Gasteiger partial charge on any atom is 0.325 e. The minimum Gasteiger partial charge on any atom is -0.468 e. The van der Waals surface area contributed by atoms with Crippen LogP contribution in [-0.2, 0) is 14.3 Å². The number of nitrogens with zero attached hydrogens (tertiary/aromatic N) is 3. The highest BCUT2D eigenvalue weighted by atomic mass is 16.5. The van der Waals surface area contributed by atoms with Crippen molar-refractivity contribution in [1.29, 1.82) is 0 Å². The monoisotopic (exact) mass is 393 g/mol. The zero-order valence-corrected chi connectivity index (χ0v) is 16.6. The summed E-state index contributed by atoms with van der Waals surface area (Å²) in [4.78, 5) is 45.5. The number of methoxy groups -OCH3 is 1. The normalized spacial score (nSPS) is 16.6. The van der Waals surface area contributed by atoms with Gasteiger partial charge in [0.15, 0.2) is 0 Å². The van der Waals surface area contributed by atoms with Crippen LogP contribution in [0, 0.1) is 5.92 Å². The van der Waals surface area contributed by atoms with Gasteiger partial charge < -0.3 is 4.74 Å². The molecular weight excluding hydrogens is 370 g/mol. The summed E-state index contributed by atoms with van der Waals surface area (Å²) in [5.41, 5.74) is 1.42. The van der Waals surface area contributed by atoms with E-state index in [1.807, 2.05) is 44.2 Å². The van der Waals surface area contributed by atoms with E-state index in [4.69, 9.17) is 4.74 Å². The van der Waals surface area contributed by atoms with Crippen molar-refractivity contribution in [2.45, 2.75) is 19.9 Å². The van der Waals surface area contributed by atoms with Crippen molar-refractivity contribution in [2.24, 2.45) is 5.92 Å². The molecule has 0 spiro atoms. The largest absolute Gasteiger partial charge is 0.468 e. The van der Waals surface area contributed by atoms with E-state index in [0.29, 0.717) is 11.3 Å². The molecule has 150 valence electrons. The zero-order valence-electron chi connectivity index (χ0n) is 16.6. The Hall–Kier alpha value is -3.48. The molecule has 1 atom stereocenters. The van der Waals surface area contributed by atoms with Gasteiger partial charge in [0.2, 0.25) is 0 Å². The first-order valence-corrected chi connectivity index (χ1v) is 9.33. The molecule has 1 aromatic heterocycles. The van der Waals surface area contributed by atoms with Gasteiger partial charge in [0.25, 0.3) is 11.8 Å². The van der Waals surface area contributed by atoms with E-state index in [1.54, 1.807) is 24.4 Å². The van der Waals surface area contributed by atoms with E-state index in [9.17, 15) is 14.4 Å². The first-order valence-electron chi connectivity index (χ1n) is 9.33. The fraction of sp³-hybridized carbons (Fsp3) is 0.273. The molecule has 29 heavy (non-hydrogen) atoms. The van der Waals surface area contributed by atoms with Crippen LogP contribution in [0.1, 0.15) is 29.9 Å². The molecule has 3 rings (SSSR count). The maximum atomic E-state index is 13.4. The molecule has 0 N–H and O–H groups in total. The van der Waals surface area contributed by atoms with Crippen molar-refractivity contribution in [3.63, 3.8) is 0 Å². The van der Waals surface area contributed by atoms with Crippen LogP contribution in [-0.4, -0.2) is 52.3 Å². The van der Waals surface area contributed by atoms with Gasteiger partial charge in [0, 0.05) is 12.4 Å². The average molecular weight is 393 g/mol. The molecule has 1 aliphatic rings. The molecule has 1 aliphatic heterocycles. The van der Waals surface area contributed by atoms with E-state index in [0.717, 1.165) is 0 Å². The van der Waals surface area contributed by atoms with Gasteiger partial charge in [-0.1, -0.05) is 50.2 Å². The summed E-state index contributed by atoms with van der Waals surface area (Å²) in [6.07, 6.45) is 3.16. The number of carbonyl (C=O) groups is 3. The average Bonchev–Trinajstić information content (AvgIpc) is 2.75. The lowest BCUT2D eigenvalue weighted by Gasteiger charge is -2.40. The van der Waals surface area contributed by atoms with Gasteiger partial charge in [-0.05, 0) is 23.6 Å². The van der Waals surface area contributed by atoms with E-state index in [2.05, 4.69) is 4.98 Å². The van der Waals surface area contributed by atoms with Gasteiger partial charge in [-0.2, -0.15) is 0 Å². The molecule has 2 aromatic rings. The maximum absolute atomic E-state index is 13.4. The quantitative estimate of drug-likeness (QED) is 0.730. The molecule has 0 aliphatic carbocycles. The molecule has 0 bridgehead atoms. The number of ether oxygens (including phenoxy) is 1. The first-order chi connectivity index (χ1) is 13.9. The third kappa shape index (κ3) is 4.18. The highest BCUT2D eigenvalue weighted by Gasteiger charge is 2.41. The lowest BCUT2D eigenvalue weighted by atomic mass is 9.96. The van der Waals surface area contributed by atoms with Crippen LogP contribution < -0.4 is 0 Å². The van der Waals surface area contributed by atoms with Crippen molar-refractivity contribution in [2.75, 3.05) is 13.7 Å². The summed E-state index contributed by atoms with van der Waals surface area (Å²) in [6, 6.07) is 13.5. The highest BCUT2D eigenvalue weighted by Crippen LogP contribution is 2.30. The zero-order chi connectivity index (χ0) is 21.0. The first kappa shape index (κ1) is 20.3. The minimum absolute atomic E-state index is 0.177. The van der Waals surface area contributed by atoms with E-state index >= 15 is 0 Å². The molecular formula is C22H23N3O4. The van der Waals surface area contributed by atoms with Crippen LogP contribution >= 0.6 is 0 Å². The van der Waals surface area contributed by atoms with Gasteiger partial charge in [0.1, 0.15) is 18.3 Å². The third-order valence-electron chi connectivity index (χ3n) is 4.71. The third-order valence-corrected chi connectivity index (χ3v) is 4.71. The Bertz CT molecular complexity index is 926. The van der Waals surface area contributed by atoms with Gasteiger partial charge in [-0.3, -0.25) is 29.2 Å². The molecule has 2 heterocycles. The molecule has 1 unspecified atom stereocenters. The lowest BCUT2D eigenvalue weighted by molar-refractivity contribution is -0.147.